The molecule has 2 aromatic carbocycles. The number of amides is 1. The van der Waals surface area contributed by atoms with Gasteiger partial charge in [-0.05, 0) is 44.0 Å². The van der Waals surface area contributed by atoms with Crippen molar-refractivity contribution < 1.29 is 4.79 Å². The summed E-state index contributed by atoms with van der Waals surface area (Å²) in [7, 11) is 0. The van der Waals surface area contributed by atoms with E-state index in [1.807, 2.05) is 24.3 Å². The Bertz CT molecular complexity index is 886. The van der Waals surface area contributed by atoms with Gasteiger partial charge in [0.05, 0.1) is 11.4 Å². The highest BCUT2D eigenvalue weighted by Gasteiger charge is 2.30. The van der Waals surface area contributed by atoms with E-state index in [9.17, 15) is 4.79 Å². The predicted molar refractivity (Wildman–Crippen MR) is 99.4 cm³/mol. The summed E-state index contributed by atoms with van der Waals surface area (Å²) in [6.07, 6.45) is 0.837. The molecule has 25 heavy (non-hydrogen) atoms. The van der Waals surface area contributed by atoms with Gasteiger partial charge in [0.25, 0.3) is 5.91 Å². The van der Waals surface area contributed by atoms with Crippen LogP contribution in [0.5, 0.6) is 0 Å². The second-order valence-electron chi connectivity index (χ2n) is 6.61. The van der Waals surface area contributed by atoms with Crippen LogP contribution in [0.4, 0.5) is 5.69 Å². The monoisotopic (exact) mass is 354 g/mol. The van der Waals surface area contributed by atoms with Gasteiger partial charge in [-0.3, -0.25) is 4.79 Å². The number of hydrogen-bond acceptors (Lipinski definition) is 4. The first-order valence-corrected chi connectivity index (χ1v) is 8.31. The Hall–Kier alpha value is -2.66. The van der Waals surface area contributed by atoms with Crippen LogP contribution in [0.3, 0.4) is 0 Å². The zero-order chi connectivity index (χ0) is 18.0. The third-order valence-corrected chi connectivity index (χ3v) is 4.16. The van der Waals surface area contributed by atoms with Crippen molar-refractivity contribution in [2.24, 2.45) is 16.0 Å². The first kappa shape index (κ1) is 17.2. The minimum atomic E-state index is -0.638. The lowest BCUT2D eigenvalue weighted by Crippen LogP contribution is -2.44. The molecule has 3 rings (SSSR count). The second-order valence-corrected chi connectivity index (χ2v) is 7.05. The van der Waals surface area contributed by atoms with E-state index in [1.54, 1.807) is 24.3 Å². The molecule has 1 amide bonds. The molecular formula is C19H19ClN4O. The Morgan fingerprint density at radius 3 is 2.68 bits per heavy atom. The number of rotatable bonds is 3. The molecule has 0 radical (unpaired) electrons. The van der Waals surface area contributed by atoms with Gasteiger partial charge in [-0.2, -0.15) is 5.11 Å². The average Bonchev–Trinajstić information content (AvgIpc) is 2.53. The number of nitrogens with two attached hydrogens (primary N) is 1. The fraction of sp³-hybridized carbons (Fsp3) is 0.211. The van der Waals surface area contributed by atoms with Crippen molar-refractivity contribution in [3.63, 3.8) is 0 Å². The molecule has 0 aromatic heterocycles. The van der Waals surface area contributed by atoms with Crippen LogP contribution in [0.25, 0.3) is 5.70 Å². The normalized spacial score (nSPS) is 17.7. The molecule has 0 spiro atoms. The largest absolute Gasteiger partial charge is 0.377 e. The Morgan fingerprint density at radius 2 is 1.96 bits per heavy atom. The molecule has 128 valence electrons. The van der Waals surface area contributed by atoms with Gasteiger partial charge in [-0.25, -0.2) is 0 Å². The summed E-state index contributed by atoms with van der Waals surface area (Å²) in [4.78, 5) is 12.1. The Morgan fingerprint density at radius 1 is 1.20 bits per heavy atom. The number of azo groups is 1. The minimum absolute atomic E-state index is 0.0974. The number of primary amides is 1. The maximum absolute atomic E-state index is 12.1. The summed E-state index contributed by atoms with van der Waals surface area (Å²) >= 11 is 5.96. The third kappa shape index (κ3) is 3.88. The van der Waals surface area contributed by atoms with Gasteiger partial charge in [0.1, 0.15) is 0 Å². The van der Waals surface area contributed by atoms with Gasteiger partial charge in [0, 0.05) is 16.1 Å². The predicted octanol–water partition coefficient (Wildman–Crippen LogP) is 4.20. The van der Waals surface area contributed by atoms with Gasteiger partial charge in [0.15, 0.2) is 5.70 Å². The number of carbonyl (C=O) groups excluding carboxylic acids is 1. The molecule has 0 aliphatic carbocycles. The molecule has 1 heterocycles. The lowest BCUT2D eigenvalue weighted by Gasteiger charge is -2.35. The highest BCUT2D eigenvalue weighted by Crippen LogP contribution is 2.32. The van der Waals surface area contributed by atoms with Gasteiger partial charge in [-0.1, -0.05) is 41.9 Å². The number of fused-ring (bicyclic) bond motifs is 1. The average molecular weight is 355 g/mol. The van der Waals surface area contributed by atoms with Crippen LogP contribution in [0.1, 0.15) is 25.0 Å². The Labute approximate surface area is 151 Å². The molecule has 2 aromatic rings. The van der Waals surface area contributed by atoms with Crippen LogP contribution >= 0.6 is 11.6 Å². The van der Waals surface area contributed by atoms with Gasteiger partial charge >= 0.3 is 0 Å². The molecule has 5 nitrogen and oxygen atoms in total. The first-order valence-electron chi connectivity index (χ1n) is 7.93. The molecule has 0 atom stereocenters. The smallest absolute Gasteiger partial charge is 0.271 e. The van der Waals surface area contributed by atoms with E-state index in [0.717, 1.165) is 17.5 Å². The fourth-order valence-corrected chi connectivity index (χ4v) is 3.08. The molecule has 0 saturated heterocycles. The molecule has 0 unspecified atom stereocenters. The Kier molecular flexibility index (Phi) is 4.59. The maximum Gasteiger partial charge on any atom is 0.271 e. The fourth-order valence-electron chi connectivity index (χ4n) is 2.90. The number of halogens is 1. The summed E-state index contributed by atoms with van der Waals surface area (Å²) in [5.41, 5.74) is 8.67. The van der Waals surface area contributed by atoms with E-state index in [4.69, 9.17) is 17.3 Å². The van der Waals surface area contributed by atoms with E-state index in [2.05, 4.69) is 29.4 Å². The van der Waals surface area contributed by atoms with Gasteiger partial charge < -0.3 is 11.1 Å². The van der Waals surface area contributed by atoms with Crippen molar-refractivity contribution in [1.29, 1.82) is 0 Å². The van der Waals surface area contributed by atoms with Crippen molar-refractivity contribution in [3.8, 4) is 0 Å². The zero-order valence-electron chi connectivity index (χ0n) is 14.1. The lowest BCUT2D eigenvalue weighted by atomic mass is 9.85. The molecular weight excluding hydrogens is 336 g/mol. The number of carbonyl (C=O) groups is 1. The number of benzene rings is 2. The number of nitrogens with one attached hydrogen (secondary N) is 1. The van der Waals surface area contributed by atoms with E-state index in [1.165, 1.54) is 0 Å². The molecule has 0 saturated carbocycles. The van der Waals surface area contributed by atoms with Gasteiger partial charge in [0.2, 0.25) is 0 Å². The summed E-state index contributed by atoms with van der Waals surface area (Å²) in [6.45, 7) is 4.13. The molecule has 1 aliphatic rings. The SMILES string of the molecule is CC1(C)Cc2ccccc2C(=C(N=Nc2cccc(Cl)c2)C(N)=O)N1. The third-order valence-electron chi connectivity index (χ3n) is 3.93. The van der Waals surface area contributed by atoms with E-state index in [-0.39, 0.29) is 11.2 Å². The molecule has 0 bridgehead atoms. The zero-order valence-corrected chi connectivity index (χ0v) is 14.8. The Balaban J connectivity index is 2.11. The quantitative estimate of drug-likeness (QED) is 0.639. The molecule has 3 N–H and O–H groups in total. The first-order chi connectivity index (χ1) is 11.9. The highest BCUT2D eigenvalue weighted by atomic mass is 35.5. The maximum atomic E-state index is 12.1. The number of hydrogen-bond donors (Lipinski definition) is 2. The van der Waals surface area contributed by atoms with E-state index < -0.39 is 5.91 Å². The lowest BCUT2D eigenvalue weighted by molar-refractivity contribution is -0.114. The molecule has 0 fully saturated rings. The van der Waals surface area contributed by atoms with Crippen molar-refractivity contribution in [1.82, 2.24) is 5.32 Å². The van der Waals surface area contributed by atoms with Crippen molar-refractivity contribution in [2.75, 3.05) is 0 Å². The van der Waals surface area contributed by atoms with Crippen LogP contribution in [0.2, 0.25) is 5.02 Å². The summed E-state index contributed by atoms with van der Waals surface area (Å²) in [6, 6.07) is 14.8. The van der Waals surface area contributed by atoms with E-state index in [0.29, 0.717) is 16.4 Å². The van der Waals surface area contributed by atoms with Crippen LogP contribution < -0.4 is 11.1 Å². The highest BCUT2D eigenvalue weighted by molar-refractivity contribution is 6.30. The van der Waals surface area contributed by atoms with Crippen LogP contribution in [-0.2, 0) is 11.2 Å². The summed E-state index contributed by atoms with van der Waals surface area (Å²) < 4.78 is 0. The van der Waals surface area contributed by atoms with Crippen LogP contribution in [-0.4, -0.2) is 11.4 Å². The summed E-state index contributed by atoms with van der Waals surface area (Å²) in [5.74, 6) is -0.638. The number of nitrogens with zero attached hydrogens (tertiary/aromatic N) is 2. The summed E-state index contributed by atoms with van der Waals surface area (Å²) in [5, 5.41) is 12.2. The van der Waals surface area contributed by atoms with Gasteiger partial charge in [-0.15, -0.1) is 5.11 Å². The van der Waals surface area contributed by atoms with Crippen LogP contribution in [0, 0.1) is 0 Å². The standard InChI is InChI=1S/C19H19ClN4O/c1-19(2)11-12-6-3-4-9-15(12)16(22-19)17(18(21)25)24-23-14-8-5-7-13(20)10-14/h3-10,22H,11H2,1-2H3,(H2,21,25). The molecule has 6 heteroatoms. The van der Waals surface area contributed by atoms with Crippen LogP contribution in [0.15, 0.2) is 64.5 Å². The second kappa shape index (κ2) is 6.69. The van der Waals surface area contributed by atoms with Crippen molar-refractivity contribution in [3.05, 3.63) is 70.4 Å². The minimum Gasteiger partial charge on any atom is -0.377 e. The topological polar surface area (TPSA) is 79.8 Å². The van der Waals surface area contributed by atoms with Crippen molar-refractivity contribution >= 4 is 28.9 Å². The van der Waals surface area contributed by atoms with Crippen molar-refractivity contribution in [2.45, 2.75) is 25.8 Å². The van der Waals surface area contributed by atoms with E-state index >= 15 is 0 Å². The molecule has 1 aliphatic heterocycles.